The lowest BCUT2D eigenvalue weighted by molar-refractivity contribution is 0.0601. The van der Waals surface area contributed by atoms with Crippen molar-refractivity contribution in [2.75, 3.05) is 7.11 Å². The lowest BCUT2D eigenvalue weighted by Gasteiger charge is -2.36. The molecule has 1 unspecified atom stereocenters. The van der Waals surface area contributed by atoms with Crippen LogP contribution in [0.1, 0.15) is 54.8 Å². The third kappa shape index (κ3) is 6.00. The Morgan fingerprint density at radius 1 is 1.13 bits per heavy atom. The Labute approximate surface area is 190 Å². The molecule has 2 rings (SSSR count). The summed E-state index contributed by atoms with van der Waals surface area (Å²) in [5.41, 5.74) is 1.79. The Morgan fingerprint density at radius 2 is 1.73 bits per heavy atom. The molecule has 0 radical (unpaired) electrons. The van der Waals surface area contributed by atoms with E-state index in [2.05, 4.69) is 33.9 Å². The second-order valence-corrected chi connectivity index (χ2v) is 14.5. The second kappa shape index (κ2) is 9.73. The molecule has 4 nitrogen and oxygen atoms in total. The predicted molar refractivity (Wildman–Crippen MR) is 125 cm³/mol. The maximum absolute atomic E-state index is 11.8. The molecule has 2 aromatic carbocycles. The van der Waals surface area contributed by atoms with Gasteiger partial charge >= 0.3 is 5.97 Å². The standard InChI is InChI=1S/C23H30Cl2O4Si/c1-23(2,3)30(5,6)29-17-9-7-8-16(14-17)20(26)11-10-15-12-18(24)21(19(25)13-15)22(27)28-4/h7-9,12-14,20,26H,10-11H2,1-6H3. The van der Waals surface area contributed by atoms with Crippen molar-refractivity contribution >= 4 is 37.5 Å². The molecule has 0 saturated carbocycles. The van der Waals surface area contributed by atoms with Gasteiger partial charge in [-0.15, -0.1) is 0 Å². The summed E-state index contributed by atoms with van der Waals surface area (Å²) in [6.45, 7) is 11.0. The van der Waals surface area contributed by atoms with Crippen LogP contribution < -0.4 is 4.43 Å². The molecule has 1 atom stereocenters. The summed E-state index contributed by atoms with van der Waals surface area (Å²) in [7, 11) is -0.674. The number of carbonyl (C=O) groups excluding carboxylic acids is 1. The summed E-state index contributed by atoms with van der Waals surface area (Å²) in [6, 6.07) is 11.0. The highest BCUT2D eigenvalue weighted by atomic mass is 35.5. The van der Waals surface area contributed by atoms with E-state index in [0.29, 0.717) is 12.8 Å². The van der Waals surface area contributed by atoms with Crippen molar-refractivity contribution in [1.29, 1.82) is 0 Å². The molecule has 0 saturated heterocycles. The summed E-state index contributed by atoms with van der Waals surface area (Å²) in [5.74, 6) is 0.210. The molecule has 0 amide bonds. The van der Waals surface area contributed by atoms with Gasteiger partial charge in [0.1, 0.15) is 5.75 Å². The van der Waals surface area contributed by atoms with Crippen molar-refractivity contribution in [2.45, 2.75) is 57.8 Å². The van der Waals surface area contributed by atoms with Gasteiger partial charge in [-0.05, 0) is 66.4 Å². The molecule has 0 aliphatic rings. The minimum atomic E-state index is -1.95. The number of aliphatic hydroxyl groups excluding tert-OH is 1. The fourth-order valence-electron chi connectivity index (χ4n) is 2.77. The number of hydrogen-bond donors (Lipinski definition) is 1. The van der Waals surface area contributed by atoms with E-state index in [4.69, 9.17) is 32.4 Å². The average molecular weight is 469 g/mol. The van der Waals surface area contributed by atoms with Crippen LogP contribution in [0.2, 0.25) is 28.2 Å². The number of aryl methyl sites for hydroxylation is 1. The lowest BCUT2D eigenvalue weighted by atomic mass is 10.0. The van der Waals surface area contributed by atoms with Crippen LogP contribution in [0.15, 0.2) is 36.4 Å². The maximum Gasteiger partial charge on any atom is 0.340 e. The first-order valence-electron chi connectivity index (χ1n) is 9.89. The van der Waals surface area contributed by atoms with Gasteiger partial charge in [0, 0.05) is 0 Å². The molecule has 2 aromatic rings. The zero-order valence-corrected chi connectivity index (χ0v) is 20.9. The molecule has 0 aliphatic carbocycles. The number of hydrogen-bond acceptors (Lipinski definition) is 4. The quantitative estimate of drug-likeness (QED) is 0.357. The van der Waals surface area contributed by atoms with Crippen molar-refractivity contribution in [3.63, 3.8) is 0 Å². The fourth-order valence-corrected chi connectivity index (χ4v) is 4.48. The largest absolute Gasteiger partial charge is 0.543 e. The van der Waals surface area contributed by atoms with Crippen LogP contribution in [0.25, 0.3) is 0 Å². The van der Waals surface area contributed by atoms with Gasteiger partial charge < -0.3 is 14.3 Å². The molecular formula is C23H30Cl2O4Si. The Bertz CT molecular complexity index is 883. The van der Waals surface area contributed by atoms with Crippen LogP contribution in [0.3, 0.4) is 0 Å². The minimum absolute atomic E-state index is 0.0938. The molecule has 0 heterocycles. The first-order valence-corrected chi connectivity index (χ1v) is 13.6. The van der Waals surface area contributed by atoms with E-state index in [1.807, 2.05) is 24.3 Å². The van der Waals surface area contributed by atoms with Gasteiger partial charge in [-0.25, -0.2) is 4.79 Å². The molecule has 164 valence electrons. The first-order chi connectivity index (χ1) is 13.9. The van der Waals surface area contributed by atoms with Crippen molar-refractivity contribution in [3.8, 4) is 5.75 Å². The van der Waals surface area contributed by atoms with Crippen molar-refractivity contribution < 1.29 is 19.1 Å². The normalized spacial score (nSPS) is 13.1. The smallest absolute Gasteiger partial charge is 0.340 e. The SMILES string of the molecule is COC(=O)c1c(Cl)cc(CCC(O)c2cccc(O[Si](C)(C)C(C)(C)C)c2)cc1Cl. The molecular weight excluding hydrogens is 439 g/mol. The molecule has 0 aromatic heterocycles. The highest BCUT2D eigenvalue weighted by Crippen LogP contribution is 2.38. The van der Waals surface area contributed by atoms with Crippen LogP contribution in [0, 0.1) is 0 Å². The molecule has 0 bridgehead atoms. The van der Waals surface area contributed by atoms with Gasteiger partial charge in [-0.2, -0.15) is 0 Å². The number of ether oxygens (including phenoxy) is 1. The molecule has 0 spiro atoms. The lowest BCUT2D eigenvalue weighted by Crippen LogP contribution is -2.43. The van der Waals surface area contributed by atoms with Crippen LogP contribution in [-0.2, 0) is 11.2 Å². The van der Waals surface area contributed by atoms with Crippen molar-refractivity contribution in [2.24, 2.45) is 0 Å². The Morgan fingerprint density at radius 3 is 2.27 bits per heavy atom. The highest BCUT2D eigenvalue weighted by Gasteiger charge is 2.39. The monoisotopic (exact) mass is 468 g/mol. The van der Waals surface area contributed by atoms with Gasteiger partial charge in [-0.1, -0.05) is 56.1 Å². The number of benzene rings is 2. The zero-order valence-electron chi connectivity index (χ0n) is 18.4. The summed E-state index contributed by atoms with van der Waals surface area (Å²) in [4.78, 5) is 11.8. The Balaban J connectivity index is 2.11. The van der Waals surface area contributed by atoms with E-state index in [0.717, 1.165) is 16.9 Å². The summed E-state index contributed by atoms with van der Waals surface area (Å²) in [5, 5.41) is 11.3. The number of rotatable bonds is 7. The molecule has 0 fully saturated rings. The van der Waals surface area contributed by atoms with Gasteiger partial charge in [0.2, 0.25) is 8.32 Å². The third-order valence-electron chi connectivity index (χ3n) is 5.62. The minimum Gasteiger partial charge on any atom is -0.543 e. The molecule has 7 heteroatoms. The van der Waals surface area contributed by atoms with Crippen molar-refractivity contribution in [1.82, 2.24) is 0 Å². The summed E-state index contributed by atoms with van der Waals surface area (Å²) >= 11 is 12.4. The molecule has 30 heavy (non-hydrogen) atoms. The predicted octanol–water partition coefficient (Wildman–Crippen LogP) is 6.83. The molecule has 0 aliphatic heterocycles. The number of methoxy groups -OCH3 is 1. The Hall–Kier alpha value is -1.53. The summed E-state index contributed by atoms with van der Waals surface area (Å²) in [6.07, 6.45) is 0.370. The number of carbonyl (C=O) groups is 1. The van der Waals surface area contributed by atoms with E-state index in [1.165, 1.54) is 7.11 Å². The number of halogens is 2. The van der Waals surface area contributed by atoms with E-state index in [-0.39, 0.29) is 20.6 Å². The first kappa shape index (κ1) is 24.7. The maximum atomic E-state index is 11.8. The highest BCUT2D eigenvalue weighted by molar-refractivity contribution is 6.74. The topological polar surface area (TPSA) is 55.8 Å². The van der Waals surface area contributed by atoms with Crippen LogP contribution in [0.5, 0.6) is 5.75 Å². The Kier molecular flexibility index (Phi) is 8.02. The van der Waals surface area contributed by atoms with Crippen LogP contribution in [0.4, 0.5) is 0 Å². The fraction of sp³-hybridized carbons (Fsp3) is 0.435. The second-order valence-electron chi connectivity index (χ2n) is 8.92. The van der Waals surface area contributed by atoms with Gasteiger partial charge in [0.15, 0.2) is 0 Å². The van der Waals surface area contributed by atoms with E-state index in [9.17, 15) is 9.90 Å². The number of aliphatic hydroxyl groups is 1. The van der Waals surface area contributed by atoms with Crippen LogP contribution in [-0.4, -0.2) is 26.5 Å². The molecule has 1 N–H and O–H groups in total. The summed E-state index contributed by atoms with van der Waals surface area (Å²) < 4.78 is 11.1. The van der Waals surface area contributed by atoms with E-state index >= 15 is 0 Å². The van der Waals surface area contributed by atoms with Crippen LogP contribution >= 0.6 is 23.2 Å². The van der Waals surface area contributed by atoms with Crippen molar-refractivity contribution in [3.05, 3.63) is 63.1 Å². The van der Waals surface area contributed by atoms with E-state index < -0.39 is 20.4 Å². The van der Waals surface area contributed by atoms with E-state index in [1.54, 1.807) is 12.1 Å². The number of esters is 1. The zero-order chi connectivity index (χ0) is 22.7. The van der Waals surface area contributed by atoms with Gasteiger partial charge in [-0.3, -0.25) is 0 Å². The van der Waals surface area contributed by atoms with Gasteiger partial charge in [0.05, 0.1) is 28.8 Å². The third-order valence-corrected chi connectivity index (χ3v) is 10.6. The van der Waals surface area contributed by atoms with Gasteiger partial charge in [0.25, 0.3) is 0 Å². The average Bonchev–Trinajstić information content (AvgIpc) is 2.64.